The largest absolute Gasteiger partial charge is 0.403 e. The van der Waals surface area contributed by atoms with Crippen LogP contribution in [0, 0.1) is 5.92 Å². The van der Waals surface area contributed by atoms with Gasteiger partial charge in [-0.15, -0.1) is 0 Å². The molecule has 0 unspecified atom stereocenters. The third kappa shape index (κ3) is 4.48. The van der Waals surface area contributed by atoms with Crippen LogP contribution in [-0.4, -0.2) is 21.3 Å². The Kier molecular flexibility index (Phi) is 5.03. The smallest absolute Gasteiger partial charge is 0.337 e. The fourth-order valence-corrected chi connectivity index (χ4v) is 3.62. The van der Waals surface area contributed by atoms with Crippen molar-refractivity contribution < 1.29 is 13.6 Å². The van der Waals surface area contributed by atoms with E-state index in [1.54, 1.807) is 6.92 Å². The first-order chi connectivity index (χ1) is 13.4. The van der Waals surface area contributed by atoms with Gasteiger partial charge in [-0.3, -0.25) is 9.78 Å². The molecule has 2 aromatic rings. The van der Waals surface area contributed by atoms with Crippen LogP contribution in [0.5, 0.6) is 6.01 Å². The molecule has 7 nitrogen and oxygen atoms in total. The van der Waals surface area contributed by atoms with Crippen molar-refractivity contribution in [1.82, 2.24) is 9.97 Å². The van der Waals surface area contributed by atoms with E-state index in [1.165, 1.54) is 18.9 Å². The zero-order chi connectivity index (χ0) is 19.7. The van der Waals surface area contributed by atoms with Gasteiger partial charge in [-0.25, -0.2) is 9.18 Å². The summed E-state index contributed by atoms with van der Waals surface area (Å²) in [6.45, 7) is 1.58. The molecule has 8 heteroatoms. The summed E-state index contributed by atoms with van der Waals surface area (Å²) in [6, 6.07) is 1.22. The molecule has 2 saturated carbocycles. The molecular weight excluding hydrogens is 365 g/mol. The quantitative estimate of drug-likeness (QED) is 0.761. The predicted molar refractivity (Wildman–Crippen MR) is 103 cm³/mol. The van der Waals surface area contributed by atoms with Gasteiger partial charge in [-0.1, -0.05) is 24.4 Å². The number of nitrogens with zero attached hydrogens (tertiary/aromatic N) is 2. The lowest BCUT2D eigenvalue weighted by molar-refractivity contribution is 0.156. The normalized spacial score (nSPS) is 22.4. The Balaban J connectivity index is 1.54. The molecule has 2 aliphatic carbocycles. The van der Waals surface area contributed by atoms with Crippen molar-refractivity contribution >= 4 is 16.8 Å². The Morgan fingerprint density at radius 3 is 2.82 bits per heavy atom. The van der Waals surface area contributed by atoms with Gasteiger partial charge in [0.25, 0.3) is 5.56 Å². The summed E-state index contributed by atoms with van der Waals surface area (Å²) >= 11 is 0. The number of fused-ring (bicyclic) bond motifs is 1. The number of aryl methyl sites for hydroxylation is 1. The molecule has 0 atom stereocenters. The maximum Gasteiger partial charge on any atom is 0.337 e. The lowest BCUT2D eigenvalue weighted by atomic mass is 9.87. The number of halogens is 1. The van der Waals surface area contributed by atoms with E-state index in [4.69, 9.17) is 9.25 Å². The van der Waals surface area contributed by atoms with Crippen LogP contribution in [0.2, 0.25) is 0 Å². The molecule has 0 bridgehead atoms. The Morgan fingerprint density at radius 1 is 1.36 bits per heavy atom. The van der Waals surface area contributed by atoms with Crippen LogP contribution in [-0.2, 0) is 6.42 Å². The number of rotatable bonds is 6. The zero-order valence-corrected chi connectivity index (χ0v) is 15.9. The van der Waals surface area contributed by atoms with Gasteiger partial charge in [-0.05, 0) is 56.9 Å². The molecule has 150 valence electrons. The first kappa shape index (κ1) is 18.8. The van der Waals surface area contributed by atoms with Gasteiger partial charge in [0.2, 0.25) is 5.71 Å². The number of aromatic amines is 1. The Labute approximate surface area is 161 Å². The first-order valence-electron chi connectivity index (χ1n) is 9.88. The zero-order valence-electron chi connectivity index (χ0n) is 15.9. The summed E-state index contributed by atoms with van der Waals surface area (Å²) in [6.07, 6.45) is 6.95. The highest BCUT2D eigenvalue weighted by Crippen LogP contribution is 2.34. The second-order valence-corrected chi connectivity index (χ2v) is 8.14. The first-order valence-corrected chi connectivity index (χ1v) is 9.88. The van der Waals surface area contributed by atoms with Crippen LogP contribution in [0.4, 0.5) is 4.39 Å². The topological polar surface area (TPSA) is 97.5 Å². The monoisotopic (exact) mass is 389 g/mol. The Bertz CT molecular complexity index is 1010. The van der Waals surface area contributed by atoms with E-state index in [0.717, 1.165) is 18.8 Å². The van der Waals surface area contributed by atoms with Gasteiger partial charge in [0.15, 0.2) is 0 Å². The summed E-state index contributed by atoms with van der Waals surface area (Å²) in [5, 5.41) is 4.26. The van der Waals surface area contributed by atoms with E-state index in [0.29, 0.717) is 43.4 Å². The molecule has 2 fully saturated rings. The molecular formula is C20H24FN3O4. The number of hydrogen-bond donors (Lipinski definition) is 1. The molecule has 0 aliphatic heterocycles. The molecule has 2 aromatic heterocycles. The highest BCUT2D eigenvalue weighted by atomic mass is 19.1. The summed E-state index contributed by atoms with van der Waals surface area (Å²) in [5.41, 5.74) is -0.827. The average molecular weight is 389 g/mol. The molecule has 0 amide bonds. The van der Waals surface area contributed by atoms with Crippen molar-refractivity contribution in [1.29, 1.82) is 0 Å². The van der Waals surface area contributed by atoms with Crippen molar-refractivity contribution in [3.63, 3.8) is 0 Å². The van der Waals surface area contributed by atoms with Crippen molar-refractivity contribution in [3.05, 3.63) is 32.4 Å². The van der Waals surface area contributed by atoms with Crippen LogP contribution in [0.3, 0.4) is 0 Å². The molecule has 0 radical (unpaired) electrons. The molecule has 2 aliphatic rings. The SMILES string of the molecule is CC1(F)CCC(=NOc2nc3oc(=O)cc(CCCC4CC4)c3c(=O)[nH]2)CC1. The minimum absolute atomic E-state index is 0.0483. The van der Waals surface area contributed by atoms with Crippen molar-refractivity contribution in [2.24, 2.45) is 11.1 Å². The number of hydrogen-bond acceptors (Lipinski definition) is 6. The van der Waals surface area contributed by atoms with Gasteiger partial charge < -0.3 is 9.25 Å². The molecule has 28 heavy (non-hydrogen) atoms. The molecule has 0 saturated heterocycles. The van der Waals surface area contributed by atoms with Crippen LogP contribution in [0.15, 0.2) is 25.2 Å². The third-order valence-corrected chi connectivity index (χ3v) is 5.56. The van der Waals surface area contributed by atoms with Gasteiger partial charge in [0.05, 0.1) is 5.71 Å². The predicted octanol–water partition coefficient (Wildman–Crippen LogP) is 3.65. The Morgan fingerprint density at radius 2 is 2.11 bits per heavy atom. The lowest BCUT2D eigenvalue weighted by Crippen LogP contribution is -2.26. The maximum atomic E-state index is 13.8. The van der Waals surface area contributed by atoms with Crippen LogP contribution in [0.1, 0.15) is 63.9 Å². The van der Waals surface area contributed by atoms with Crippen molar-refractivity contribution in [2.75, 3.05) is 0 Å². The van der Waals surface area contributed by atoms with Crippen molar-refractivity contribution in [3.8, 4) is 6.01 Å². The molecule has 0 aromatic carbocycles. The number of aromatic nitrogens is 2. The molecule has 2 heterocycles. The second-order valence-electron chi connectivity index (χ2n) is 8.14. The van der Waals surface area contributed by atoms with Crippen LogP contribution < -0.4 is 16.0 Å². The van der Waals surface area contributed by atoms with E-state index in [-0.39, 0.29) is 17.1 Å². The minimum Gasteiger partial charge on any atom is -0.403 e. The number of alkyl halides is 1. The standard InChI is InChI=1S/C20H24FN3O4/c1-20(21)9-7-14(8-10-20)24-28-19-22-17(26)16-13(4-2-3-12-5-6-12)11-15(25)27-18(16)23-19/h11-12H,2-10H2,1H3,(H,22,23,26). The van der Waals surface area contributed by atoms with E-state index >= 15 is 0 Å². The van der Waals surface area contributed by atoms with E-state index in [1.807, 2.05) is 0 Å². The third-order valence-electron chi connectivity index (χ3n) is 5.56. The maximum absolute atomic E-state index is 13.8. The lowest BCUT2D eigenvalue weighted by Gasteiger charge is -2.25. The van der Waals surface area contributed by atoms with Gasteiger partial charge in [0, 0.05) is 6.07 Å². The van der Waals surface area contributed by atoms with Gasteiger partial charge in [0.1, 0.15) is 11.1 Å². The number of H-pyrrole nitrogens is 1. The highest BCUT2D eigenvalue weighted by molar-refractivity contribution is 5.85. The summed E-state index contributed by atoms with van der Waals surface area (Å²) in [7, 11) is 0. The van der Waals surface area contributed by atoms with E-state index in [2.05, 4.69) is 15.1 Å². The summed E-state index contributed by atoms with van der Waals surface area (Å²) < 4.78 is 19.0. The highest BCUT2D eigenvalue weighted by Gasteiger charge is 2.29. The second kappa shape index (κ2) is 7.48. The minimum atomic E-state index is -1.17. The summed E-state index contributed by atoms with van der Waals surface area (Å²) in [4.78, 5) is 36.3. The molecule has 0 spiro atoms. The summed E-state index contributed by atoms with van der Waals surface area (Å²) in [5.74, 6) is 0.789. The van der Waals surface area contributed by atoms with Crippen LogP contribution >= 0.6 is 0 Å². The fourth-order valence-electron chi connectivity index (χ4n) is 3.62. The van der Waals surface area contributed by atoms with Gasteiger partial charge >= 0.3 is 11.6 Å². The number of nitrogens with one attached hydrogen (secondary N) is 1. The van der Waals surface area contributed by atoms with E-state index < -0.39 is 16.9 Å². The van der Waals surface area contributed by atoms with Crippen molar-refractivity contribution in [2.45, 2.75) is 70.4 Å². The molecule has 4 rings (SSSR count). The van der Waals surface area contributed by atoms with Crippen LogP contribution in [0.25, 0.3) is 11.1 Å². The fraction of sp³-hybridized carbons (Fsp3) is 0.600. The van der Waals surface area contributed by atoms with E-state index in [9.17, 15) is 14.0 Å². The average Bonchev–Trinajstić information content (AvgIpc) is 3.44. The molecule has 1 N–H and O–H groups in total. The Hall–Kier alpha value is -2.51. The number of oxime groups is 1. The van der Waals surface area contributed by atoms with Gasteiger partial charge in [-0.2, -0.15) is 4.98 Å².